The number of ether oxygens (including phenoxy) is 2. The van der Waals surface area contributed by atoms with Crippen LogP contribution < -0.4 is 10.1 Å². The molecular formula is C16H26BrNO3. The second-order valence-corrected chi connectivity index (χ2v) is 6.10. The van der Waals surface area contributed by atoms with Gasteiger partial charge < -0.3 is 19.9 Å². The Morgan fingerprint density at radius 2 is 2.10 bits per heavy atom. The summed E-state index contributed by atoms with van der Waals surface area (Å²) < 4.78 is 11.7. The van der Waals surface area contributed by atoms with Crippen molar-refractivity contribution in [1.29, 1.82) is 0 Å². The topological polar surface area (TPSA) is 50.7 Å². The molecule has 0 saturated heterocycles. The average molecular weight is 360 g/mol. The van der Waals surface area contributed by atoms with Crippen LogP contribution in [-0.2, 0) is 4.74 Å². The Bertz CT molecular complexity index is 409. The lowest BCUT2D eigenvalue weighted by Crippen LogP contribution is -2.40. The Morgan fingerprint density at radius 3 is 2.71 bits per heavy atom. The molecule has 2 unspecified atom stereocenters. The van der Waals surface area contributed by atoms with Crippen LogP contribution in [0.3, 0.4) is 0 Å². The van der Waals surface area contributed by atoms with Gasteiger partial charge in [-0.1, -0.05) is 19.4 Å². The molecule has 0 fully saturated rings. The third kappa shape index (κ3) is 7.27. The number of halogens is 1. The van der Waals surface area contributed by atoms with E-state index in [4.69, 9.17) is 9.47 Å². The average Bonchev–Trinajstić information content (AvgIpc) is 2.44. The summed E-state index contributed by atoms with van der Waals surface area (Å²) in [6.07, 6.45) is 1.57. The molecule has 21 heavy (non-hydrogen) atoms. The van der Waals surface area contributed by atoms with Crippen molar-refractivity contribution in [2.75, 3.05) is 26.9 Å². The first-order valence-electron chi connectivity index (χ1n) is 7.36. The minimum absolute atomic E-state index is 0.264. The number of hydrogen-bond acceptors (Lipinski definition) is 4. The zero-order valence-electron chi connectivity index (χ0n) is 13.1. The maximum atomic E-state index is 10.00. The number of nitrogens with one attached hydrogen (secondary N) is 1. The number of methoxy groups -OCH3 is 1. The molecule has 1 aromatic rings. The van der Waals surface area contributed by atoms with Gasteiger partial charge in [0.1, 0.15) is 18.5 Å². The highest BCUT2D eigenvalue weighted by molar-refractivity contribution is 9.10. The van der Waals surface area contributed by atoms with Gasteiger partial charge in [0.05, 0.1) is 11.1 Å². The van der Waals surface area contributed by atoms with Crippen LogP contribution in [0.4, 0.5) is 0 Å². The highest BCUT2D eigenvalue weighted by Crippen LogP contribution is 2.25. The minimum atomic E-state index is -0.547. The van der Waals surface area contributed by atoms with Crippen LogP contribution in [0.15, 0.2) is 22.7 Å². The first kappa shape index (κ1) is 18.4. The van der Waals surface area contributed by atoms with E-state index in [9.17, 15) is 5.11 Å². The van der Waals surface area contributed by atoms with E-state index in [1.54, 1.807) is 7.11 Å². The van der Waals surface area contributed by atoms with Gasteiger partial charge in [0.15, 0.2) is 0 Å². The molecule has 0 bridgehead atoms. The number of aliphatic hydroxyl groups excluding tert-OH is 1. The van der Waals surface area contributed by atoms with Crippen LogP contribution >= 0.6 is 15.9 Å². The third-order valence-corrected chi connectivity index (χ3v) is 3.79. The highest BCUT2D eigenvalue weighted by atomic mass is 79.9. The van der Waals surface area contributed by atoms with Gasteiger partial charge in [-0.05, 0) is 47.0 Å². The molecule has 0 aliphatic heterocycles. The molecule has 1 rings (SSSR count). The molecule has 0 amide bonds. The second-order valence-electron chi connectivity index (χ2n) is 5.25. The SMILES string of the molecule is CCCC(COC)NCC(O)COc1ccc(C)cc1Br. The van der Waals surface area contributed by atoms with Crippen molar-refractivity contribution in [1.82, 2.24) is 5.32 Å². The molecule has 120 valence electrons. The molecule has 2 N–H and O–H groups in total. The fourth-order valence-electron chi connectivity index (χ4n) is 2.06. The first-order valence-corrected chi connectivity index (χ1v) is 8.15. The van der Waals surface area contributed by atoms with Gasteiger partial charge in [0, 0.05) is 19.7 Å². The summed E-state index contributed by atoms with van der Waals surface area (Å²) >= 11 is 3.46. The molecule has 0 saturated carbocycles. The van der Waals surface area contributed by atoms with E-state index in [2.05, 4.69) is 28.2 Å². The summed E-state index contributed by atoms with van der Waals surface area (Å²) in [5, 5.41) is 13.3. The summed E-state index contributed by atoms with van der Waals surface area (Å²) in [6.45, 7) is 5.58. The van der Waals surface area contributed by atoms with Crippen molar-refractivity contribution >= 4 is 15.9 Å². The Hall–Kier alpha value is -0.620. The maximum absolute atomic E-state index is 10.00. The molecule has 1 aromatic carbocycles. The standard InChI is InChI=1S/C16H26BrNO3/c1-4-5-13(10-20-3)18-9-14(19)11-21-16-7-6-12(2)8-15(16)17/h6-8,13-14,18-19H,4-5,9-11H2,1-3H3. The quantitative estimate of drug-likeness (QED) is 0.674. The summed E-state index contributed by atoms with van der Waals surface area (Å²) in [4.78, 5) is 0. The lowest BCUT2D eigenvalue weighted by Gasteiger charge is -2.20. The van der Waals surface area contributed by atoms with Gasteiger partial charge in [0.2, 0.25) is 0 Å². The molecule has 0 heterocycles. The van der Waals surface area contributed by atoms with Gasteiger partial charge in [-0.3, -0.25) is 0 Å². The molecule has 2 atom stereocenters. The molecular weight excluding hydrogens is 334 g/mol. The lowest BCUT2D eigenvalue weighted by atomic mass is 10.2. The van der Waals surface area contributed by atoms with E-state index in [1.807, 2.05) is 25.1 Å². The van der Waals surface area contributed by atoms with E-state index >= 15 is 0 Å². The van der Waals surface area contributed by atoms with Crippen LogP contribution in [0.1, 0.15) is 25.3 Å². The van der Waals surface area contributed by atoms with Crippen molar-refractivity contribution in [2.24, 2.45) is 0 Å². The van der Waals surface area contributed by atoms with E-state index in [0.29, 0.717) is 13.2 Å². The smallest absolute Gasteiger partial charge is 0.133 e. The van der Waals surface area contributed by atoms with Gasteiger partial charge in [-0.2, -0.15) is 0 Å². The fourth-order valence-corrected chi connectivity index (χ4v) is 2.67. The van der Waals surface area contributed by atoms with Crippen LogP contribution in [0.25, 0.3) is 0 Å². The molecule has 5 heteroatoms. The highest BCUT2D eigenvalue weighted by Gasteiger charge is 2.11. The molecule has 0 aromatic heterocycles. The van der Waals surface area contributed by atoms with E-state index in [1.165, 1.54) is 5.56 Å². The van der Waals surface area contributed by atoms with Gasteiger partial charge in [0.25, 0.3) is 0 Å². The molecule has 0 aliphatic rings. The molecule has 0 radical (unpaired) electrons. The third-order valence-electron chi connectivity index (χ3n) is 3.17. The Balaban J connectivity index is 2.34. The number of aryl methyl sites for hydroxylation is 1. The summed E-state index contributed by atoms with van der Waals surface area (Å²) in [5.41, 5.74) is 1.17. The summed E-state index contributed by atoms with van der Waals surface area (Å²) in [7, 11) is 1.69. The molecule has 0 spiro atoms. The van der Waals surface area contributed by atoms with Crippen molar-refractivity contribution in [3.8, 4) is 5.75 Å². The van der Waals surface area contributed by atoms with Crippen molar-refractivity contribution in [3.05, 3.63) is 28.2 Å². The van der Waals surface area contributed by atoms with Gasteiger partial charge >= 0.3 is 0 Å². The first-order chi connectivity index (χ1) is 10.1. The molecule has 4 nitrogen and oxygen atoms in total. The van der Waals surface area contributed by atoms with Crippen LogP contribution in [0, 0.1) is 6.92 Å². The zero-order valence-corrected chi connectivity index (χ0v) is 14.6. The van der Waals surface area contributed by atoms with E-state index in [-0.39, 0.29) is 12.6 Å². The number of hydrogen-bond donors (Lipinski definition) is 2. The Labute approximate surface area is 136 Å². The Kier molecular flexibility index (Phi) is 8.92. The monoisotopic (exact) mass is 359 g/mol. The maximum Gasteiger partial charge on any atom is 0.133 e. The minimum Gasteiger partial charge on any atom is -0.490 e. The summed E-state index contributed by atoms with van der Waals surface area (Å²) in [6, 6.07) is 6.17. The van der Waals surface area contributed by atoms with Crippen LogP contribution in [0.5, 0.6) is 5.75 Å². The second kappa shape index (κ2) is 10.2. The number of benzene rings is 1. The normalized spacial score (nSPS) is 14.0. The number of aliphatic hydroxyl groups is 1. The number of rotatable bonds is 10. The van der Waals surface area contributed by atoms with Gasteiger partial charge in [-0.15, -0.1) is 0 Å². The van der Waals surface area contributed by atoms with Crippen molar-refractivity contribution < 1.29 is 14.6 Å². The lowest BCUT2D eigenvalue weighted by molar-refractivity contribution is 0.0943. The van der Waals surface area contributed by atoms with Crippen LogP contribution in [0.2, 0.25) is 0 Å². The summed E-state index contributed by atoms with van der Waals surface area (Å²) in [5.74, 6) is 0.752. The fraction of sp³-hybridized carbons (Fsp3) is 0.625. The predicted molar refractivity (Wildman–Crippen MR) is 89.0 cm³/mol. The molecule has 0 aliphatic carbocycles. The van der Waals surface area contributed by atoms with Gasteiger partial charge in [-0.25, -0.2) is 0 Å². The predicted octanol–water partition coefficient (Wildman–Crippen LogP) is 2.90. The van der Waals surface area contributed by atoms with E-state index < -0.39 is 6.10 Å². The van der Waals surface area contributed by atoms with Crippen LogP contribution in [-0.4, -0.2) is 44.1 Å². The van der Waals surface area contributed by atoms with Crippen molar-refractivity contribution in [2.45, 2.75) is 38.8 Å². The largest absolute Gasteiger partial charge is 0.490 e. The zero-order chi connectivity index (χ0) is 15.7. The van der Waals surface area contributed by atoms with Crippen molar-refractivity contribution in [3.63, 3.8) is 0 Å². The van der Waals surface area contributed by atoms with E-state index in [0.717, 1.165) is 23.1 Å². The Morgan fingerprint density at radius 1 is 1.33 bits per heavy atom.